The molecule has 1 rings (SSSR count). The van der Waals surface area contributed by atoms with Crippen LogP contribution in [0.3, 0.4) is 0 Å². The maximum absolute atomic E-state index is 11.6. The Bertz CT molecular complexity index is 213. The van der Waals surface area contributed by atoms with Crippen LogP contribution < -0.4 is 5.32 Å². The van der Waals surface area contributed by atoms with Gasteiger partial charge in [-0.25, -0.2) is 0 Å². The van der Waals surface area contributed by atoms with Crippen molar-refractivity contribution in [3.8, 4) is 0 Å². The molecule has 0 atom stereocenters. The molecule has 0 aromatic carbocycles. The zero-order chi connectivity index (χ0) is 11.3. The predicted octanol–water partition coefficient (Wildman–Crippen LogP) is 0.359. The van der Waals surface area contributed by atoms with Crippen molar-refractivity contribution < 1.29 is 9.90 Å². The van der Waals surface area contributed by atoms with Crippen molar-refractivity contribution in [2.24, 2.45) is 0 Å². The first-order chi connectivity index (χ1) is 7.11. The van der Waals surface area contributed by atoms with Gasteiger partial charge in [0, 0.05) is 6.42 Å². The molecule has 1 fully saturated rings. The zero-order valence-electron chi connectivity index (χ0n) is 9.75. The average molecular weight is 214 g/mol. The third-order valence-electron chi connectivity index (χ3n) is 2.86. The molecule has 88 valence electrons. The molecule has 1 heterocycles. The normalized spacial score (nSPS) is 18.7. The summed E-state index contributed by atoms with van der Waals surface area (Å²) in [6.07, 6.45) is 3.23. The highest BCUT2D eigenvalue weighted by Gasteiger charge is 2.42. The van der Waals surface area contributed by atoms with Gasteiger partial charge >= 0.3 is 0 Å². The summed E-state index contributed by atoms with van der Waals surface area (Å²) in [6.45, 7) is 3.98. The molecule has 1 amide bonds. The molecular weight excluding hydrogens is 192 g/mol. The molecule has 1 aliphatic rings. The van der Waals surface area contributed by atoms with Gasteiger partial charge in [0.2, 0.25) is 5.91 Å². The molecule has 1 saturated heterocycles. The van der Waals surface area contributed by atoms with E-state index in [4.69, 9.17) is 0 Å². The van der Waals surface area contributed by atoms with Crippen molar-refractivity contribution in [2.75, 3.05) is 26.7 Å². The number of nitrogens with one attached hydrogen (secondary N) is 1. The van der Waals surface area contributed by atoms with Gasteiger partial charge in [0.05, 0.1) is 18.7 Å². The van der Waals surface area contributed by atoms with Crippen molar-refractivity contribution in [1.82, 2.24) is 10.2 Å². The highest BCUT2D eigenvalue weighted by Crippen LogP contribution is 2.26. The fourth-order valence-electron chi connectivity index (χ4n) is 2.04. The first-order valence-corrected chi connectivity index (χ1v) is 5.76. The Morgan fingerprint density at radius 1 is 1.53 bits per heavy atom. The molecule has 0 aromatic heterocycles. The highest BCUT2D eigenvalue weighted by atomic mass is 16.3. The first-order valence-electron chi connectivity index (χ1n) is 5.76. The number of hydrogen-bond donors (Lipinski definition) is 2. The molecule has 0 aromatic rings. The minimum Gasteiger partial charge on any atom is -0.386 e. The highest BCUT2D eigenvalue weighted by molar-refractivity contribution is 5.77. The molecular formula is C11H22N2O2. The van der Waals surface area contributed by atoms with E-state index in [1.807, 2.05) is 7.05 Å². The monoisotopic (exact) mass is 214 g/mol. The summed E-state index contributed by atoms with van der Waals surface area (Å²) in [6, 6.07) is 0. The van der Waals surface area contributed by atoms with Crippen LogP contribution in [-0.2, 0) is 4.79 Å². The minimum atomic E-state index is -0.590. The van der Waals surface area contributed by atoms with Gasteiger partial charge in [-0.1, -0.05) is 13.3 Å². The van der Waals surface area contributed by atoms with Gasteiger partial charge in [0.15, 0.2) is 0 Å². The molecule has 0 saturated carbocycles. The fraction of sp³-hybridized carbons (Fsp3) is 0.909. The molecule has 0 radical (unpaired) electrons. The number of carbonyl (C=O) groups is 1. The summed E-state index contributed by atoms with van der Waals surface area (Å²) >= 11 is 0. The second-order valence-electron chi connectivity index (χ2n) is 4.43. The van der Waals surface area contributed by atoms with E-state index in [-0.39, 0.29) is 5.91 Å². The largest absolute Gasteiger partial charge is 0.386 e. The Balaban J connectivity index is 2.17. The van der Waals surface area contributed by atoms with Gasteiger partial charge in [-0.3, -0.25) is 4.79 Å². The summed E-state index contributed by atoms with van der Waals surface area (Å²) < 4.78 is 0. The maximum atomic E-state index is 11.6. The van der Waals surface area contributed by atoms with Gasteiger partial charge in [-0.05, 0) is 26.4 Å². The number of amides is 1. The number of aliphatic hydroxyl groups is 1. The van der Waals surface area contributed by atoms with E-state index >= 15 is 0 Å². The summed E-state index contributed by atoms with van der Waals surface area (Å²) in [5.74, 6) is 0.172. The van der Waals surface area contributed by atoms with Crippen molar-refractivity contribution in [2.45, 2.75) is 38.2 Å². The lowest BCUT2D eigenvalue weighted by atomic mass is 9.89. The molecule has 2 N–H and O–H groups in total. The number of β-amino-alcohol motifs (C(OH)–C–C–N with tert-alkyl or cyclic N) is 1. The predicted molar refractivity (Wildman–Crippen MR) is 59.6 cm³/mol. The molecule has 0 bridgehead atoms. The smallest absolute Gasteiger partial charge is 0.222 e. The second-order valence-corrected chi connectivity index (χ2v) is 4.43. The minimum absolute atomic E-state index is 0.172. The molecule has 15 heavy (non-hydrogen) atoms. The summed E-state index contributed by atoms with van der Waals surface area (Å²) in [5, 5.41) is 12.9. The van der Waals surface area contributed by atoms with Crippen LogP contribution in [0.2, 0.25) is 0 Å². The Hall–Kier alpha value is -0.610. The average Bonchev–Trinajstić information content (AvgIpc) is 2.14. The summed E-state index contributed by atoms with van der Waals surface area (Å²) in [7, 11) is 1.88. The van der Waals surface area contributed by atoms with Crippen LogP contribution in [0.1, 0.15) is 32.6 Å². The first kappa shape index (κ1) is 12.5. The van der Waals surface area contributed by atoms with Crippen LogP contribution in [0.5, 0.6) is 0 Å². The van der Waals surface area contributed by atoms with E-state index < -0.39 is 5.60 Å². The zero-order valence-corrected chi connectivity index (χ0v) is 9.75. The van der Waals surface area contributed by atoms with E-state index in [9.17, 15) is 9.90 Å². The number of nitrogens with zero attached hydrogens (tertiary/aromatic N) is 1. The Labute approximate surface area is 91.6 Å². The molecule has 0 unspecified atom stereocenters. The van der Waals surface area contributed by atoms with E-state index in [1.165, 1.54) is 0 Å². The van der Waals surface area contributed by atoms with Crippen molar-refractivity contribution >= 4 is 5.91 Å². The van der Waals surface area contributed by atoms with Gasteiger partial charge in [-0.15, -0.1) is 0 Å². The number of likely N-dealkylation sites (tertiary alicyclic amines) is 1. The lowest BCUT2D eigenvalue weighted by molar-refractivity contribution is -0.156. The Morgan fingerprint density at radius 2 is 2.20 bits per heavy atom. The van der Waals surface area contributed by atoms with E-state index in [2.05, 4.69) is 12.2 Å². The SMILES string of the molecule is CCCC1(O)CN(C(=O)CCCNC)C1. The lowest BCUT2D eigenvalue weighted by Crippen LogP contribution is -2.63. The molecule has 0 aliphatic carbocycles. The molecule has 1 aliphatic heterocycles. The van der Waals surface area contributed by atoms with E-state index in [0.717, 1.165) is 25.8 Å². The summed E-state index contributed by atoms with van der Waals surface area (Å²) in [5.41, 5.74) is -0.590. The fourth-order valence-corrected chi connectivity index (χ4v) is 2.04. The number of rotatable bonds is 6. The van der Waals surface area contributed by atoms with Crippen LogP contribution >= 0.6 is 0 Å². The van der Waals surface area contributed by atoms with Gasteiger partial charge in [0.1, 0.15) is 0 Å². The van der Waals surface area contributed by atoms with Gasteiger partial charge in [-0.2, -0.15) is 0 Å². The number of carbonyl (C=O) groups excluding carboxylic acids is 1. The molecule has 0 spiro atoms. The van der Waals surface area contributed by atoms with Crippen LogP contribution in [0.25, 0.3) is 0 Å². The third-order valence-corrected chi connectivity index (χ3v) is 2.86. The summed E-state index contributed by atoms with van der Waals surface area (Å²) in [4.78, 5) is 13.3. The maximum Gasteiger partial charge on any atom is 0.222 e. The topological polar surface area (TPSA) is 52.6 Å². The molecule has 4 nitrogen and oxygen atoms in total. The van der Waals surface area contributed by atoms with Crippen LogP contribution in [0, 0.1) is 0 Å². The van der Waals surface area contributed by atoms with Crippen molar-refractivity contribution in [3.05, 3.63) is 0 Å². The second kappa shape index (κ2) is 5.47. The molecule has 4 heteroatoms. The van der Waals surface area contributed by atoms with Crippen LogP contribution in [0.15, 0.2) is 0 Å². The number of hydrogen-bond acceptors (Lipinski definition) is 3. The van der Waals surface area contributed by atoms with Crippen molar-refractivity contribution in [1.29, 1.82) is 0 Å². The van der Waals surface area contributed by atoms with Crippen LogP contribution in [0.4, 0.5) is 0 Å². The Morgan fingerprint density at radius 3 is 2.73 bits per heavy atom. The Kier molecular flexibility index (Phi) is 4.54. The lowest BCUT2D eigenvalue weighted by Gasteiger charge is -2.46. The third kappa shape index (κ3) is 3.47. The standard InChI is InChI=1S/C11H22N2O2/c1-3-6-11(15)8-13(9-11)10(14)5-4-7-12-2/h12,15H,3-9H2,1-2H3. The van der Waals surface area contributed by atoms with E-state index in [0.29, 0.717) is 19.5 Å². The van der Waals surface area contributed by atoms with Crippen molar-refractivity contribution in [3.63, 3.8) is 0 Å². The van der Waals surface area contributed by atoms with Gasteiger partial charge in [0.25, 0.3) is 0 Å². The quantitative estimate of drug-likeness (QED) is 0.628. The van der Waals surface area contributed by atoms with Crippen LogP contribution in [-0.4, -0.2) is 48.2 Å². The van der Waals surface area contributed by atoms with E-state index in [1.54, 1.807) is 4.90 Å². The van der Waals surface area contributed by atoms with Gasteiger partial charge < -0.3 is 15.3 Å².